The van der Waals surface area contributed by atoms with Crippen LogP contribution in [-0.4, -0.2) is 29.3 Å². The summed E-state index contributed by atoms with van der Waals surface area (Å²) in [5.74, 6) is -0.112. The Bertz CT molecular complexity index is 801. The zero-order chi connectivity index (χ0) is 20.6. The molecular formula is C25H32N2O2. The average molecular weight is 393 g/mol. The lowest BCUT2D eigenvalue weighted by atomic mass is 10.0. The molecule has 4 heteroatoms. The molecule has 2 atom stereocenters. The fourth-order valence-corrected chi connectivity index (χ4v) is 3.98. The first-order chi connectivity index (χ1) is 14.1. The fraction of sp³-hybridized carbons (Fsp3) is 0.440. The van der Waals surface area contributed by atoms with Gasteiger partial charge in [0.25, 0.3) is 5.91 Å². The highest BCUT2D eigenvalue weighted by molar-refractivity contribution is 5.98. The van der Waals surface area contributed by atoms with Crippen molar-refractivity contribution in [3.05, 3.63) is 71.3 Å². The smallest absolute Gasteiger partial charge is 0.254 e. The van der Waals surface area contributed by atoms with Crippen LogP contribution in [0.2, 0.25) is 0 Å². The Morgan fingerprint density at radius 1 is 1.07 bits per heavy atom. The van der Waals surface area contributed by atoms with E-state index in [1.807, 2.05) is 61.5 Å². The summed E-state index contributed by atoms with van der Waals surface area (Å²) in [6.07, 6.45) is 6.24. The van der Waals surface area contributed by atoms with Gasteiger partial charge in [-0.25, -0.2) is 0 Å². The summed E-state index contributed by atoms with van der Waals surface area (Å²) in [7, 11) is 0. The maximum absolute atomic E-state index is 13.0. The van der Waals surface area contributed by atoms with Gasteiger partial charge in [-0.15, -0.1) is 0 Å². The molecule has 1 aliphatic rings. The molecule has 0 saturated carbocycles. The minimum Gasteiger partial charge on any atom is -0.348 e. The highest BCUT2D eigenvalue weighted by Gasteiger charge is 2.35. The molecule has 0 spiro atoms. The quantitative estimate of drug-likeness (QED) is 0.650. The van der Waals surface area contributed by atoms with E-state index in [0.717, 1.165) is 18.4 Å². The van der Waals surface area contributed by atoms with Crippen LogP contribution in [0, 0.1) is 0 Å². The van der Waals surface area contributed by atoms with Crippen LogP contribution in [0.15, 0.2) is 54.6 Å². The molecule has 0 radical (unpaired) electrons. The van der Waals surface area contributed by atoms with Gasteiger partial charge in [0.1, 0.15) is 6.04 Å². The van der Waals surface area contributed by atoms with Crippen LogP contribution in [0.25, 0.3) is 0 Å². The van der Waals surface area contributed by atoms with Crippen LogP contribution < -0.4 is 5.32 Å². The van der Waals surface area contributed by atoms with Gasteiger partial charge >= 0.3 is 0 Å². The third-order valence-electron chi connectivity index (χ3n) is 5.74. The van der Waals surface area contributed by atoms with Gasteiger partial charge in [-0.3, -0.25) is 9.59 Å². The van der Waals surface area contributed by atoms with Crippen molar-refractivity contribution in [1.29, 1.82) is 0 Å². The monoisotopic (exact) mass is 392 g/mol. The first-order valence-electron chi connectivity index (χ1n) is 10.9. The number of nitrogens with one attached hydrogen (secondary N) is 1. The maximum Gasteiger partial charge on any atom is 0.254 e. The van der Waals surface area contributed by atoms with E-state index < -0.39 is 6.04 Å². The molecule has 0 aromatic heterocycles. The van der Waals surface area contributed by atoms with Crippen LogP contribution in [0.4, 0.5) is 0 Å². The molecule has 2 unspecified atom stereocenters. The number of hydrogen-bond donors (Lipinski definition) is 1. The number of unbranched alkanes of at least 4 members (excludes halogenated alkanes) is 2. The van der Waals surface area contributed by atoms with E-state index in [1.165, 1.54) is 24.8 Å². The molecule has 3 rings (SSSR count). The molecule has 0 bridgehead atoms. The zero-order valence-electron chi connectivity index (χ0n) is 17.6. The summed E-state index contributed by atoms with van der Waals surface area (Å²) in [6.45, 7) is 4.81. The van der Waals surface area contributed by atoms with Crippen molar-refractivity contribution in [3.8, 4) is 0 Å². The Morgan fingerprint density at radius 2 is 1.79 bits per heavy atom. The van der Waals surface area contributed by atoms with E-state index in [2.05, 4.69) is 12.2 Å². The number of aryl methyl sites for hydroxylation is 1. The first kappa shape index (κ1) is 21.1. The predicted octanol–water partition coefficient (Wildman–Crippen LogP) is 4.90. The van der Waals surface area contributed by atoms with Crippen molar-refractivity contribution in [2.45, 2.75) is 64.5 Å². The highest BCUT2D eigenvalue weighted by Crippen LogP contribution is 2.22. The minimum absolute atomic E-state index is 0.0462. The Balaban J connectivity index is 1.62. The van der Waals surface area contributed by atoms with Gasteiger partial charge in [0.15, 0.2) is 0 Å². The topological polar surface area (TPSA) is 49.4 Å². The average Bonchev–Trinajstić information content (AvgIpc) is 3.24. The summed E-state index contributed by atoms with van der Waals surface area (Å²) in [6, 6.07) is 17.3. The molecule has 4 nitrogen and oxygen atoms in total. The summed E-state index contributed by atoms with van der Waals surface area (Å²) in [4.78, 5) is 27.6. The zero-order valence-corrected chi connectivity index (χ0v) is 17.6. The number of likely N-dealkylation sites (tertiary alicyclic amines) is 1. The summed E-state index contributed by atoms with van der Waals surface area (Å²) in [5, 5.41) is 3.08. The lowest BCUT2D eigenvalue weighted by Gasteiger charge is -2.26. The van der Waals surface area contributed by atoms with Crippen LogP contribution in [0.5, 0.6) is 0 Å². The Morgan fingerprint density at radius 3 is 2.48 bits per heavy atom. The Hall–Kier alpha value is -2.62. The van der Waals surface area contributed by atoms with Crippen molar-refractivity contribution in [1.82, 2.24) is 10.2 Å². The molecular weight excluding hydrogens is 360 g/mol. The summed E-state index contributed by atoms with van der Waals surface area (Å²) in [5.41, 5.74) is 3.00. The minimum atomic E-state index is -0.391. The molecule has 154 valence electrons. The van der Waals surface area contributed by atoms with Gasteiger partial charge < -0.3 is 10.2 Å². The molecule has 1 saturated heterocycles. The molecule has 0 aliphatic carbocycles. The standard InChI is InChI=1S/C25H32N2O2/c1-3-4-6-10-20-14-16-22(17-15-20)25(29)27-18-9-13-23(27)24(28)26-19(2)21-11-7-5-8-12-21/h5,7-8,11-12,14-17,19,23H,3-4,6,9-10,13,18H2,1-2H3,(H,26,28). The molecule has 2 amide bonds. The number of benzene rings is 2. The summed E-state index contributed by atoms with van der Waals surface area (Å²) < 4.78 is 0. The number of rotatable bonds is 8. The third kappa shape index (κ3) is 5.47. The van der Waals surface area contributed by atoms with Gasteiger partial charge in [-0.2, -0.15) is 0 Å². The molecule has 1 aliphatic heterocycles. The largest absolute Gasteiger partial charge is 0.348 e. The molecule has 2 aromatic rings. The van der Waals surface area contributed by atoms with E-state index >= 15 is 0 Å². The number of amides is 2. The van der Waals surface area contributed by atoms with Gasteiger partial charge in [0, 0.05) is 12.1 Å². The lowest BCUT2D eigenvalue weighted by molar-refractivity contribution is -0.125. The Kier molecular flexibility index (Phi) is 7.45. The number of carbonyl (C=O) groups excluding carboxylic acids is 2. The van der Waals surface area contributed by atoms with E-state index in [1.54, 1.807) is 4.90 Å². The second kappa shape index (κ2) is 10.2. The van der Waals surface area contributed by atoms with Crippen molar-refractivity contribution >= 4 is 11.8 Å². The van der Waals surface area contributed by atoms with Crippen LogP contribution >= 0.6 is 0 Å². The highest BCUT2D eigenvalue weighted by atomic mass is 16.2. The predicted molar refractivity (Wildman–Crippen MR) is 117 cm³/mol. The maximum atomic E-state index is 13.0. The Labute approximate surface area is 174 Å². The van der Waals surface area contributed by atoms with E-state index in [-0.39, 0.29) is 17.9 Å². The fourth-order valence-electron chi connectivity index (χ4n) is 3.98. The van der Waals surface area contributed by atoms with Crippen molar-refractivity contribution < 1.29 is 9.59 Å². The van der Waals surface area contributed by atoms with Crippen LogP contribution in [-0.2, 0) is 11.2 Å². The second-order valence-electron chi connectivity index (χ2n) is 7.95. The van der Waals surface area contributed by atoms with Crippen LogP contribution in [0.1, 0.15) is 73.5 Å². The number of hydrogen-bond acceptors (Lipinski definition) is 2. The van der Waals surface area contributed by atoms with Crippen molar-refractivity contribution in [2.75, 3.05) is 6.54 Å². The number of carbonyl (C=O) groups is 2. The number of nitrogens with zero attached hydrogens (tertiary/aromatic N) is 1. The lowest BCUT2D eigenvalue weighted by Crippen LogP contribution is -2.46. The van der Waals surface area contributed by atoms with E-state index in [9.17, 15) is 9.59 Å². The van der Waals surface area contributed by atoms with Gasteiger partial charge in [-0.1, -0.05) is 62.2 Å². The molecule has 1 N–H and O–H groups in total. The van der Waals surface area contributed by atoms with E-state index in [4.69, 9.17) is 0 Å². The molecule has 29 heavy (non-hydrogen) atoms. The molecule has 1 heterocycles. The van der Waals surface area contributed by atoms with Gasteiger partial charge in [-0.05, 0) is 55.9 Å². The third-order valence-corrected chi connectivity index (χ3v) is 5.74. The summed E-state index contributed by atoms with van der Waals surface area (Å²) >= 11 is 0. The van der Waals surface area contributed by atoms with Gasteiger partial charge in [0.05, 0.1) is 6.04 Å². The first-order valence-corrected chi connectivity index (χ1v) is 10.9. The van der Waals surface area contributed by atoms with Gasteiger partial charge in [0.2, 0.25) is 5.91 Å². The second-order valence-corrected chi connectivity index (χ2v) is 7.95. The van der Waals surface area contributed by atoms with Crippen LogP contribution in [0.3, 0.4) is 0 Å². The van der Waals surface area contributed by atoms with Crippen molar-refractivity contribution in [3.63, 3.8) is 0 Å². The SMILES string of the molecule is CCCCCc1ccc(C(=O)N2CCCC2C(=O)NC(C)c2ccccc2)cc1. The molecule has 2 aromatic carbocycles. The normalized spacial score (nSPS) is 17.2. The molecule has 1 fully saturated rings. The van der Waals surface area contributed by atoms with Crippen molar-refractivity contribution in [2.24, 2.45) is 0 Å². The van der Waals surface area contributed by atoms with E-state index in [0.29, 0.717) is 18.5 Å².